The summed E-state index contributed by atoms with van der Waals surface area (Å²) in [5.74, 6) is -0.342. The van der Waals surface area contributed by atoms with Gasteiger partial charge in [-0.2, -0.15) is 0 Å². The van der Waals surface area contributed by atoms with E-state index in [1.807, 2.05) is 57.2 Å². The van der Waals surface area contributed by atoms with Crippen molar-refractivity contribution in [3.63, 3.8) is 0 Å². The van der Waals surface area contributed by atoms with Crippen molar-refractivity contribution in [1.82, 2.24) is 29.7 Å². The molecule has 14 heteroatoms. The van der Waals surface area contributed by atoms with E-state index < -0.39 is 0 Å². The molecule has 9 rings (SSSR count). The first-order valence-corrected chi connectivity index (χ1v) is 25.6. The number of H-pyrrole nitrogens is 3. The Morgan fingerprint density at radius 3 is 1.36 bits per heavy atom. The van der Waals surface area contributed by atoms with E-state index >= 15 is 0 Å². The van der Waals surface area contributed by atoms with Crippen LogP contribution in [0.25, 0.3) is 32.3 Å². The van der Waals surface area contributed by atoms with Crippen LogP contribution in [-0.2, 0) is 33.5 Å². The third-order valence-corrected chi connectivity index (χ3v) is 14.3. The van der Waals surface area contributed by atoms with E-state index in [9.17, 15) is 18.8 Å². The number of pyridine rings is 3. The van der Waals surface area contributed by atoms with Crippen LogP contribution in [0.4, 0.5) is 4.39 Å². The molecule has 3 fully saturated rings. The van der Waals surface area contributed by atoms with Gasteiger partial charge in [0.2, 0.25) is 0 Å². The van der Waals surface area contributed by atoms with Gasteiger partial charge in [0.25, 0.3) is 16.7 Å². The SMILES string of the molecule is CCOC[C@H]1CCCN1CCc1cc2c(C)cccc2c(=O)[nH]1.CCOC[C@H]1CCCN1CCc1cc2c(Cl)cccc2c(=O)[nH]1.CCOC[C@H]1CCCN1CCc1cc2c(F)cccc2c(=O)[nH]1. The number of aryl methyl sites for hydroxylation is 1. The molecule has 3 aliphatic rings. The predicted octanol–water partition coefficient (Wildman–Crippen LogP) is 8.82. The number of aromatic amines is 3. The Labute approximate surface area is 410 Å². The van der Waals surface area contributed by atoms with Crippen LogP contribution in [0, 0.1) is 12.7 Å². The summed E-state index contributed by atoms with van der Waals surface area (Å²) < 4.78 is 30.6. The molecule has 0 unspecified atom stereocenters. The Morgan fingerprint density at radius 1 is 0.536 bits per heavy atom. The summed E-state index contributed by atoms with van der Waals surface area (Å²) in [6, 6.07) is 23.3. The van der Waals surface area contributed by atoms with Gasteiger partial charge in [-0.3, -0.25) is 29.1 Å². The molecule has 12 nitrogen and oxygen atoms in total. The van der Waals surface area contributed by atoms with Gasteiger partial charge in [-0.25, -0.2) is 4.39 Å². The molecule has 0 radical (unpaired) electrons. The number of nitrogens with zero attached hydrogens (tertiary/aromatic N) is 3. The first-order chi connectivity index (χ1) is 33.6. The van der Waals surface area contributed by atoms with Crippen LogP contribution in [0.5, 0.6) is 0 Å². The fourth-order valence-electron chi connectivity index (χ4n) is 10.2. The van der Waals surface area contributed by atoms with Crippen LogP contribution in [0.2, 0.25) is 5.02 Å². The number of aromatic nitrogens is 3. The van der Waals surface area contributed by atoms with Crippen LogP contribution in [0.3, 0.4) is 0 Å². The van der Waals surface area contributed by atoms with Crippen LogP contribution in [0.15, 0.2) is 87.2 Å². The van der Waals surface area contributed by atoms with Crippen molar-refractivity contribution in [2.45, 2.75) is 104 Å². The number of hydrogen-bond acceptors (Lipinski definition) is 9. The van der Waals surface area contributed by atoms with Crippen molar-refractivity contribution < 1.29 is 18.6 Å². The van der Waals surface area contributed by atoms with Crippen molar-refractivity contribution in [2.24, 2.45) is 0 Å². The normalized spacial score (nSPS) is 18.8. The summed E-state index contributed by atoms with van der Waals surface area (Å²) in [7, 11) is 0. The number of ether oxygens (including phenoxy) is 3. The predicted molar refractivity (Wildman–Crippen MR) is 278 cm³/mol. The van der Waals surface area contributed by atoms with Gasteiger partial charge in [0.15, 0.2) is 0 Å². The largest absolute Gasteiger partial charge is 0.380 e. The maximum Gasteiger partial charge on any atom is 0.256 e. The number of nitrogens with one attached hydrogen (secondary N) is 3. The lowest BCUT2D eigenvalue weighted by molar-refractivity contribution is 0.0856. The third kappa shape index (κ3) is 14.0. The minimum absolute atomic E-state index is 0.0217. The average Bonchev–Trinajstić information content (AvgIpc) is 4.13. The molecule has 3 N–H and O–H groups in total. The van der Waals surface area contributed by atoms with E-state index in [1.165, 1.54) is 38.2 Å². The highest BCUT2D eigenvalue weighted by molar-refractivity contribution is 6.35. The Kier molecular flexibility index (Phi) is 19.6. The van der Waals surface area contributed by atoms with Gasteiger partial charge < -0.3 is 29.2 Å². The molecule has 0 aliphatic carbocycles. The van der Waals surface area contributed by atoms with E-state index in [4.69, 9.17) is 25.8 Å². The van der Waals surface area contributed by atoms with Crippen molar-refractivity contribution in [1.29, 1.82) is 0 Å². The highest BCUT2D eigenvalue weighted by Crippen LogP contribution is 2.24. The molecule has 3 aromatic carbocycles. The molecule has 0 saturated carbocycles. The molecule has 0 bridgehead atoms. The monoisotopic (exact) mass is 967 g/mol. The first-order valence-electron chi connectivity index (χ1n) is 25.2. The minimum Gasteiger partial charge on any atom is -0.380 e. The molecule has 3 aromatic heterocycles. The fraction of sp³-hybridized carbons (Fsp3) is 0.509. The number of benzene rings is 3. The minimum atomic E-state index is -0.342. The second kappa shape index (κ2) is 25.9. The lowest BCUT2D eigenvalue weighted by Crippen LogP contribution is -2.35. The van der Waals surface area contributed by atoms with Gasteiger partial charge in [0, 0.05) is 126 Å². The molecule has 3 atom stereocenters. The lowest BCUT2D eigenvalue weighted by Gasteiger charge is -2.24. The zero-order valence-electron chi connectivity index (χ0n) is 41.1. The molecule has 0 amide bonds. The topological polar surface area (TPSA) is 136 Å². The molecular weight excluding hydrogens is 895 g/mol. The summed E-state index contributed by atoms with van der Waals surface area (Å²) in [6.07, 6.45) is 9.61. The Bertz CT molecular complexity index is 2480. The standard InChI is InChI=1S/C19H26N2O2.C18H23ClN2O2.C18H23FN2O2/c1-3-23-13-16-7-5-10-21(16)11-9-15-12-18-14(2)6-4-8-17(18)19(22)20-15;2*1-2-23-12-14-5-4-9-21(14)10-8-13-11-16-15(18(22)20-13)6-3-7-17(16)19/h4,6,8,12,16H,3,5,7,9-11,13H2,1-2H3,(H,20,22);2*3,6-7,11,14H,2,4-5,8-10,12H2,1H3,(H,20,22)/t16-;2*14-/m111/s1. The van der Waals surface area contributed by atoms with Gasteiger partial charge in [0.1, 0.15) is 5.82 Å². The fourth-order valence-corrected chi connectivity index (χ4v) is 10.4. The molecule has 3 saturated heterocycles. The van der Waals surface area contributed by atoms with Gasteiger partial charge in [-0.05, 0) is 145 Å². The number of rotatable bonds is 18. The van der Waals surface area contributed by atoms with Gasteiger partial charge in [0.05, 0.1) is 19.8 Å². The van der Waals surface area contributed by atoms with Crippen LogP contribution < -0.4 is 16.7 Å². The molecule has 69 heavy (non-hydrogen) atoms. The van der Waals surface area contributed by atoms with Crippen LogP contribution >= 0.6 is 11.6 Å². The highest BCUT2D eigenvalue weighted by Gasteiger charge is 2.26. The van der Waals surface area contributed by atoms with Crippen molar-refractivity contribution in [2.75, 3.05) is 78.9 Å². The Hall–Kier alpha value is -4.73. The van der Waals surface area contributed by atoms with Gasteiger partial charge in [-0.1, -0.05) is 35.9 Å². The number of likely N-dealkylation sites (tertiary alicyclic amines) is 3. The highest BCUT2D eigenvalue weighted by atomic mass is 35.5. The molecule has 3 aliphatic heterocycles. The first kappa shape index (κ1) is 52.1. The Morgan fingerprint density at radius 2 is 0.913 bits per heavy atom. The van der Waals surface area contributed by atoms with Crippen LogP contribution in [-0.4, -0.2) is 127 Å². The quantitative estimate of drug-likeness (QED) is 0.0773. The van der Waals surface area contributed by atoms with E-state index in [1.54, 1.807) is 18.2 Å². The van der Waals surface area contributed by atoms with Gasteiger partial charge >= 0.3 is 0 Å². The molecule has 0 spiro atoms. The van der Waals surface area contributed by atoms with E-state index in [-0.39, 0.29) is 22.5 Å². The number of halogens is 2. The smallest absolute Gasteiger partial charge is 0.256 e. The number of fused-ring (bicyclic) bond motifs is 3. The van der Waals surface area contributed by atoms with Crippen LogP contribution in [0.1, 0.15) is 81.9 Å². The van der Waals surface area contributed by atoms with Crippen molar-refractivity contribution >= 4 is 43.9 Å². The van der Waals surface area contributed by atoms with Crippen molar-refractivity contribution in [3.8, 4) is 0 Å². The lowest BCUT2D eigenvalue weighted by atomic mass is 10.1. The summed E-state index contributed by atoms with van der Waals surface area (Å²) in [5.41, 5.74) is 3.65. The molecule has 6 heterocycles. The molecule has 372 valence electrons. The Balaban J connectivity index is 0.000000153. The summed E-state index contributed by atoms with van der Waals surface area (Å²) >= 11 is 6.23. The summed E-state index contributed by atoms with van der Waals surface area (Å²) in [5, 5.41) is 4.77. The number of hydrogen-bond donors (Lipinski definition) is 3. The van der Waals surface area contributed by atoms with E-state index in [0.717, 1.165) is 137 Å². The van der Waals surface area contributed by atoms with Crippen molar-refractivity contribution in [3.05, 3.63) is 137 Å². The molecule has 6 aromatic rings. The second-order valence-corrected chi connectivity index (χ2v) is 18.9. The maximum absolute atomic E-state index is 13.9. The van der Waals surface area contributed by atoms with Gasteiger partial charge in [-0.15, -0.1) is 0 Å². The average molecular weight is 968 g/mol. The van der Waals surface area contributed by atoms with E-state index in [2.05, 4.69) is 48.7 Å². The third-order valence-electron chi connectivity index (χ3n) is 14.0. The molecular formula is C55H72ClFN6O6. The second-order valence-electron chi connectivity index (χ2n) is 18.5. The zero-order valence-corrected chi connectivity index (χ0v) is 41.8. The zero-order chi connectivity index (χ0) is 48.7. The maximum atomic E-state index is 13.9. The summed E-state index contributed by atoms with van der Waals surface area (Å²) in [4.78, 5) is 52.8. The van der Waals surface area contributed by atoms with E-state index in [0.29, 0.717) is 45.7 Å². The summed E-state index contributed by atoms with van der Waals surface area (Å²) in [6.45, 7) is 18.9.